The van der Waals surface area contributed by atoms with Crippen LogP contribution in [0.25, 0.3) is 0 Å². The highest BCUT2D eigenvalue weighted by molar-refractivity contribution is 6.30. The second kappa shape index (κ2) is 4.96. The van der Waals surface area contributed by atoms with Crippen LogP contribution in [-0.2, 0) is 0 Å². The lowest BCUT2D eigenvalue weighted by Crippen LogP contribution is -2.04. The van der Waals surface area contributed by atoms with Crippen molar-refractivity contribution in [2.24, 2.45) is 0 Å². The lowest BCUT2D eigenvalue weighted by Gasteiger charge is -2.15. The molecule has 0 aliphatic carbocycles. The number of nitrogens with two attached hydrogens (primary N) is 1. The van der Waals surface area contributed by atoms with Gasteiger partial charge in [0.15, 0.2) is 0 Å². The molecule has 1 unspecified atom stereocenters. The van der Waals surface area contributed by atoms with E-state index < -0.39 is 6.10 Å². The predicted molar refractivity (Wildman–Crippen MR) is 71.1 cm³/mol. The van der Waals surface area contributed by atoms with E-state index in [0.29, 0.717) is 27.4 Å². The first kappa shape index (κ1) is 12.9. The summed E-state index contributed by atoms with van der Waals surface area (Å²) in [5, 5.41) is 10.7. The molecule has 0 saturated carbocycles. The molecule has 18 heavy (non-hydrogen) atoms. The maximum atomic E-state index is 13.2. The van der Waals surface area contributed by atoms with Crippen LogP contribution in [0.4, 0.5) is 10.1 Å². The third kappa shape index (κ3) is 2.47. The summed E-state index contributed by atoms with van der Waals surface area (Å²) in [4.78, 5) is 0. The van der Waals surface area contributed by atoms with Crippen molar-refractivity contribution in [1.82, 2.24) is 0 Å². The number of anilines is 1. The molecule has 0 radical (unpaired) electrons. The smallest absolute Gasteiger partial charge is 0.126 e. The van der Waals surface area contributed by atoms with Gasteiger partial charge in [-0.25, -0.2) is 4.39 Å². The summed E-state index contributed by atoms with van der Waals surface area (Å²) in [6.45, 7) is 1.65. The first-order chi connectivity index (χ1) is 8.49. The second-order valence-corrected chi connectivity index (χ2v) is 4.62. The van der Waals surface area contributed by atoms with Crippen LogP contribution in [0.1, 0.15) is 22.8 Å². The molecule has 0 aromatic heterocycles. The number of halogens is 2. The van der Waals surface area contributed by atoms with E-state index in [0.717, 1.165) is 0 Å². The fourth-order valence-corrected chi connectivity index (χ4v) is 1.99. The third-order valence-corrected chi connectivity index (χ3v) is 3.08. The maximum Gasteiger partial charge on any atom is 0.126 e. The lowest BCUT2D eigenvalue weighted by molar-refractivity contribution is 0.221. The average Bonchev–Trinajstić information content (AvgIpc) is 2.32. The lowest BCUT2D eigenvalue weighted by atomic mass is 9.98. The van der Waals surface area contributed by atoms with Crippen molar-refractivity contribution in [3.63, 3.8) is 0 Å². The topological polar surface area (TPSA) is 46.2 Å². The summed E-state index contributed by atoms with van der Waals surface area (Å²) in [7, 11) is 0. The minimum atomic E-state index is -0.887. The van der Waals surface area contributed by atoms with Gasteiger partial charge in [0.05, 0.1) is 0 Å². The van der Waals surface area contributed by atoms with Gasteiger partial charge in [-0.15, -0.1) is 0 Å². The third-order valence-electron chi connectivity index (χ3n) is 2.84. The van der Waals surface area contributed by atoms with Crippen molar-refractivity contribution in [3.8, 4) is 0 Å². The Kier molecular flexibility index (Phi) is 3.55. The van der Waals surface area contributed by atoms with Gasteiger partial charge in [-0.1, -0.05) is 29.8 Å². The van der Waals surface area contributed by atoms with Gasteiger partial charge in [0.25, 0.3) is 0 Å². The largest absolute Gasteiger partial charge is 0.398 e. The molecule has 0 saturated heterocycles. The van der Waals surface area contributed by atoms with Crippen molar-refractivity contribution in [3.05, 3.63) is 63.9 Å². The van der Waals surface area contributed by atoms with Crippen molar-refractivity contribution in [2.45, 2.75) is 13.0 Å². The highest BCUT2D eigenvalue weighted by Gasteiger charge is 2.14. The monoisotopic (exact) mass is 265 g/mol. The molecule has 2 aromatic rings. The molecule has 94 valence electrons. The van der Waals surface area contributed by atoms with E-state index in [4.69, 9.17) is 17.3 Å². The first-order valence-corrected chi connectivity index (χ1v) is 5.86. The van der Waals surface area contributed by atoms with Gasteiger partial charge < -0.3 is 10.8 Å². The van der Waals surface area contributed by atoms with Gasteiger partial charge >= 0.3 is 0 Å². The average molecular weight is 266 g/mol. The first-order valence-electron chi connectivity index (χ1n) is 5.48. The summed E-state index contributed by atoms with van der Waals surface area (Å²) in [5.74, 6) is -0.296. The number of rotatable bonds is 2. The zero-order valence-corrected chi connectivity index (χ0v) is 10.6. The van der Waals surface area contributed by atoms with E-state index in [-0.39, 0.29) is 5.82 Å². The molecule has 0 fully saturated rings. The number of benzene rings is 2. The molecule has 0 amide bonds. The molecule has 2 aromatic carbocycles. The van der Waals surface area contributed by atoms with E-state index in [1.807, 2.05) is 0 Å². The minimum Gasteiger partial charge on any atom is -0.398 e. The number of aliphatic hydroxyl groups is 1. The molecule has 1 atom stereocenters. The number of hydrogen-bond acceptors (Lipinski definition) is 2. The highest BCUT2D eigenvalue weighted by Crippen LogP contribution is 2.29. The van der Waals surface area contributed by atoms with Gasteiger partial charge in [-0.2, -0.15) is 0 Å². The van der Waals surface area contributed by atoms with E-state index in [2.05, 4.69) is 0 Å². The maximum absolute atomic E-state index is 13.2. The Hall–Kier alpha value is -1.58. The van der Waals surface area contributed by atoms with E-state index in [1.54, 1.807) is 37.3 Å². The standard InChI is InChI=1S/C14H13ClFNO/c1-8-6-9(2-5-12(8)16)14(18)11-4-3-10(15)7-13(11)17/h2-7,14,18H,17H2,1H3. The zero-order valence-electron chi connectivity index (χ0n) is 9.82. The predicted octanol–water partition coefficient (Wildman–Crippen LogP) is 3.45. The van der Waals surface area contributed by atoms with Gasteiger partial charge in [0.2, 0.25) is 0 Å². The normalized spacial score (nSPS) is 12.4. The Labute approximate surface area is 110 Å². The molecular weight excluding hydrogens is 253 g/mol. The van der Waals surface area contributed by atoms with Gasteiger partial charge in [0.1, 0.15) is 11.9 Å². The van der Waals surface area contributed by atoms with E-state index >= 15 is 0 Å². The van der Waals surface area contributed by atoms with E-state index in [9.17, 15) is 9.50 Å². The van der Waals surface area contributed by atoms with Crippen LogP contribution in [0.2, 0.25) is 5.02 Å². The fourth-order valence-electron chi connectivity index (χ4n) is 1.81. The van der Waals surface area contributed by atoms with Crippen LogP contribution in [-0.4, -0.2) is 5.11 Å². The summed E-state index contributed by atoms with van der Waals surface area (Å²) in [5.41, 5.74) is 7.87. The minimum absolute atomic E-state index is 0.296. The Morgan fingerprint density at radius 1 is 1.22 bits per heavy atom. The molecule has 0 aliphatic rings. The van der Waals surface area contributed by atoms with Crippen molar-refractivity contribution < 1.29 is 9.50 Å². The number of nitrogen functional groups attached to an aromatic ring is 1. The molecule has 3 N–H and O–H groups in total. The fraction of sp³-hybridized carbons (Fsp3) is 0.143. The van der Waals surface area contributed by atoms with Crippen molar-refractivity contribution >= 4 is 17.3 Å². The van der Waals surface area contributed by atoms with Crippen molar-refractivity contribution in [2.75, 3.05) is 5.73 Å². The van der Waals surface area contributed by atoms with Crippen LogP contribution < -0.4 is 5.73 Å². The Morgan fingerprint density at radius 2 is 1.94 bits per heavy atom. The van der Waals surface area contributed by atoms with Crippen LogP contribution in [0, 0.1) is 12.7 Å². The van der Waals surface area contributed by atoms with Gasteiger partial charge in [0, 0.05) is 16.3 Å². The quantitative estimate of drug-likeness (QED) is 0.817. The van der Waals surface area contributed by atoms with Crippen LogP contribution in [0.3, 0.4) is 0 Å². The SMILES string of the molecule is Cc1cc(C(O)c2ccc(Cl)cc2N)ccc1F. The number of hydrogen-bond donors (Lipinski definition) is 2. The summed E-state index contributed by atoms with van der Waals surface area (Å²) < 4.78 is 13.2. The molecule has 4 heteroatoms. The summed E-state index contributed by atoms with van der Waals surface area (Å²) in [6.07, 6.45) is -0.887. The van der Waals surface area contributed by atoms with E-state index in [1.165, 1.54) is 6.07 Å². The Bertz CT molecular complexity index is 586. The number of aliphatic hydroxyl groups excluding tert-OH is 1. The molecule has 2 nitrogen and oxygen atoms in total. The van der Waals surface area contributed by atoms with Crippen LogP contribution in [0.15, 0.2) is 36.4 Å². The van der Waals surface area contributed by atoms with Gasteiger partial charge in [-0.05, 0) is 36.2 Å². The molecular formula is C14H13ClFNO. The Balaban J connectivity index is 2.41. The highest BCUT2D eigenvalue weighted by atomic mass is 35.5. The Morgan fingerprint density at radius 3 is 2.56 bits per heavy atom. The second-order valence-electron chi connectivity index (χ2n) is 4.18. The van der Waals surface area contributed by atoms with Crippen LogP contribution in [0.5, 0.6) is 0 Å². The molecule has 0 heterocycles. The van der Waals surface area contributed by atoms with Crippen LogP contribution >= 0.6 is 11.6 Å². The summed E-state index contributed by atoms with van der Waals surface area (Å²) in [6, 6.07) is 9.39. The van der Waals surface area contributed by atoms with Gasteiger partial charge in [-0.3, -0.25) is 0 Å². The molecule has 0 bridgehead atoms. The number of aryl methyl sites for hydroxylation is 1. The van der Waals surface area contributed by atoms with Crippen molar-refractivity contribution in [1.29, 1.82) is 0 Å². The zero-order chi connectivity index (χ0) is 13.3. The molecule has 0 aliphatic heterocycles. The molecule has 2 rings (SSSR count). The summed E-state index contributed by atoms with van der Waals surface area (Å²) >= 11 is 5.80. The molecule has 0 spiro atoms.